The van der Waals surface area contributed by atoms with E-state index in [1.54, 1.807) is 60.3 Å². The number of carbonyl (C=O) groups is 1. The maximum Gasteiger partial charge on any atom is 0.267 e. The van der Waals surface area contributed by atoms with Crippen LogP contribution < -0.4 is 20.1 Å². The summed E-state index contributed by atoms with van der Waals surface area (Å²) in [6.07, 6.45) is 6.74. The molecule has 2 aliphatic heterocycles. The summed E-state index contributed by atoms with van der Waals surface area (Å²) in [6, 6.07) is 16.4. The summed E-state index contributed by atoms with van der Waals surface area (Å²) in [6.45, 7) is 1.53. The molecule has 0 saturated carbocycles. The van der Waals surface area contributed by atoms with Gasteiger partial charge in [0.2, 0.25) is 0 Å². The summed E-state index contributed by atoms with van der Waals surface area (Å²) in [4.78, 5) is 53.1. The average molecular weight is 655 g/mol. The molecule has 7 rings (SSSR count). The van der Waals surface area contributed by atoms with Gasteiger partial charge in [0.15, 0.2) is 5.16 Å². The number of methoxy groups -OCH3 is 1. The van der Waals surface area contributed by atoms with Crippen molar-refractivity contribution in [3.8, 4) is 11.4 Å². The van der Waals surface area contributed by atoms with Gasteiger partial charge < -0.3 is 19.4 Å². The first kappa shape index (κ1) is 30.0. The first-order chi connectivity index (χ1) is 22.4. The number of ether oxygens (including phenoxy) is 1. The molecule has 0 aliphatic carbocycles. The molecule has 1 amide bonds. The molecule has 1 fully saturated rings. The molecule has 13 heteroatoms. The highest BCUT2D eigenvalue weighted by atomic mass is 35.5. The summed E-state index contributed by atoms with van der Waals surface area (Å²) in [5.41, 5.74) is 2.31. The summed E-state index contributed by atoms with van der Waals surface area (Å²) in [5, 5.41) is 1.23. The van der Waals surface area contributed by atoms with Gasteiger partial charge in [-0.25, -0.2) is 15.0 Å². The number of benzene rings is 2. The zero-order valence-electron chi connectivity index (χ0n) is 25.6. The Morgan fingerprint density at radius 1 is 1.02 bits per heavy atom. The Hall–Kier alpha value is -4.68. The van der Waals surface area contributed by atoms with Crippen LogP contribution in [0.25, 0.3) is 16.6 Å². The highest BCUT2D eigenvalue weighted by Gasteiger charge is 2.39. The number of halogens is 1. The van der Waals surface area contributed by atoms with Crippen LogP contribution >= 0.6 is 23.4 Å². The smallest absolute Gasteiger partial charge is 0.267 e. The Morgan fingerprint density at radius 3 is 2.57 bits per heavy atom. The highest BCUT2D eigenvalue weighted by Crippen LogP contribution is 2.42. The fourth-order valence-corrected chi connectivity index (χ4v) is 6.85. The van der Waals surface area contributed by atoms with Crippen molar-refractivity contribution >= 4 is 51.8 Å². The van der Waals surface area contributed by atoms with Crippen LogP contribution in [-0.2, 0) is 6.54 Å². The summed E-state index contributed by atoms with van der Waals surface area (Å²) < 4.78 is 6.93. The molecule has 0 bridgehead atoms. The van der Waals surface area contributed by atoms with Crippen molar-refractivity contribution in [1.82, 2.24) is 29.4 Å². The molecule has 5 aromatic rings. The molecule has 46 heavy (non-hydrogen) atoms. The first-order valence-electron chi connectivity index (χ1n) is 14.9. The van der Waals surface area contributed by atoms with Crippen LogP contribution in [-0.4, -0.2) is 68.9 Å². The van der Waals surface area contributed by atoms with Crippen LogP contribution in [0.5, 0.6) is 5.75 Å². The van der Waals surface area contributed by atoms with Crippen LogP contribution in [0.2, 0.25) is 5.02 Å². The van der Waals surface area contributed by atoms with E-state index in [2.05, 4.69) is 14.8 Å². The number of hydrogen-bond acceptors (Lipinski definition) is 10. The molecule has 1 atom stereocenters. The van der Waals surface area contributed by atoms with Gasteiger partial charge in [-0.2, -0.15) is 0 Å². The third-order valence-electron chi connectivity index (χ3n) is 8.41. The molecule has 2 aliphatic rings. The van der Waals surface area contributed by atoms with Crippen LogP contribution in [0.15, 0.2) is 76.9 Å². The third-order valence-corrected chi connectivity index (χ3v) is 9.27. The molecule has 1 saturated heterocycles. The van der Waals surface area contributed by atoms with Crippen molar-refractivity contribution in [3.05, 3.63) is 99.3 Å². The zero-order valence-corrected chi connectivity index (χ0v) is 27.1. The minimum atomic E-state index is -0.361. The average Bonchev–Trinajstić information content (AvgIpc) is 3.57. The second-order valence-electron chi connectivity index (χ2n) is 11.2. The molecule has 0 radical (unpaired) electrons. The maximum absolute atomic E-state index is 14.1. The van der Waals surface area contributed by atoms with Crippen molar-refractivity contribution in [2.45, 2.75) is 30.6 Å². The number of amides is 1. The largest absolute Gasteiger partial charge is 0.497 e. The number of fused-ring (bicyclic) bond motifs is 2. The van der Waals surface area contributed by atoms with E-state index in [9.17, 15) is 9.59 Å². The van der Waals surface area contributed by atoms with Gasteiger partial charge in [0, 0.05) is 26.3 Å². The second kappa shape index (κ2) is 12.3. The standard InChI is InChI=1S/C33H31ClN8O3S/c1-39-19-40(18-20-11-13-22(45-2)14-12-20)29-27(31(39)43)30(38-33(37-29)46-3)41-16-6-10-25(41)28-36-24-9-4-8-23(34)26(24)32(44)42(28)21-7-5-15-35-17-21/h4-5,7-9,11-15,17,25H,6,10,16,18-19H2,1-3H3. The normalized spacial score (nSPS) is 16.3. The van der Waals surface area contributed by atoms with Gasteiger partial charge in [0.05, 0.1) is 47.6 Å². The van der Waals surface area contributed by atoms with E-state index in [-0.39, 0.29) is 17.5 Å². The third kappa shape index (κ3) is 5.21. The van der Waals surface area contributed by atoms with E-state index in [0.29, 0.717) is 76.0 Å². The SMILES string of the molecule is COc1ccc(CN2CN(C)C(=O)c3c2nc(SC)nc3N2CCCC2c2nc3cccc(Cl)c3c(=O)n2-c2cccnc2)cc1. The Kier molecular flexibility index (Phi) is 7.99. The molecule has 1 unspecified atom stereocenters. The Morgan fingerprint density at radius 2 is 1.83 bits per heavy atom. The van der Waals surface area contributed by atoms with Gasteiger partial charge in [-0.05, 0) is 61.1 Å². The van der Waals surface area contributed by atoms with Crippen molar-refractivity contribution in [1.29, 1.82) is 0 Å². The van der Waals surface area contributed by atoms with E-state index in [1.165, 1.54) is 11.8 Å². The monoisotopic (exact) mass is 654 g/mol. The molecule has 234 valence electrons. The number of aromatic nitrogens is 5. The lowest BCUT2D eigenvalue weighted by atomic mass is 10.1. The molecule has 5 heterocycles. The predicted molar refractivity (Wildman–Crippen MR) is 179 cm³/mol. The summed E-state index contributed by atoms with van der Waals surface area (Å²) in [5.74, 6) is 2.28. The van der Waals surface area contributed by atoms with E-state index in [1.807, 2.05) is 36.6 Å². The number of thioether (sulfide) groups is 1. The first-order valence-corrected chi connectivity index (χ1v) is 16.5. The van der Waals surface area contributed by atoms with Gasteiger partial charge >= 0.3 is 0 Å². The Balaban J connectivity index is 1.39. The van der Waals surface area contributed by atoms with Crippen molar-refractivity contribution < 1.29 is 9.53 Å². The van der Waals surface area contributed by atoms with Crippen LogP contribution in [0.1, 0.15) is 40.6 Å². The number of anilines is 2. The Labute approximate surface area is 274 Å². The summed E-state index contributed by atoms with van der Waals surface area (Å²) >= 11 is 7.96. The molecule has 11 nitrogen and oxygen atoms in total. The van der Waals surface area contributed by atoms with E-state index in [4.69, 9.17) is 31.3 Å². The molecule has 2 aromatic carbocycles. The minimum Gasteiger partial charge on any atom is -0.497 e. The Bertz CT molecular complexity index is 2010. The molecule has 3 aromatic heterocycles. The van der Waals surface area contributed by atoms with Gasteiger partial charge in [0.1, 0.15) is 28.8 Å². The molecular formula is C33H31ClN8O3S. The number of carbonyl (C=O) groups excluding carboxylic acids is 1. The summed E-state index contributed by atoms with van der Waals surface area (Å²) in [7, 11) is 3.43. The second-order valence-corrected chi connectivity index (χ2v) is 12.4. The predicted octanol–water partition coefficient (Wildman–Crippen LogP) is 5.35. The topological polar surface area (TPSA) is 110 Å². The maximum atomic E-state index is 14.1. The van der Waals surface area contributed by atoms with Crippen molar-refractivity contribution in [2.24, 2.45) is 0 Å². The quantitative estimate of drug-likeness (QED) is 0.168. The number of hydrogen-bond donors (Lipinski definition) is 0. The van der Waals surface area contributed by atoms with Crippen LogP contribution in [0, 0.1) is 0 Å². The fraction of sp³-hybridized carbons (Fsp3) is 0.273. The lowest BCUT2D eigenvalue weighted by molar-refractivity contribution is 0.0780. The highest BCUT2D eigenvalue weighted by molar-refractivity contribution is 7.98. The minimum absolute atomic E-state index is 0.155. The van der Waals surface area contributed by atoms with Crippen molar-refractivity contribution in [3.63, 3.8) is 0 Å². The molecular weight excluding hydrogens is 624 g/mol. The molecule has 0 N–H and O–H groups in total. The van der Waals surface area contributed by atoms with Crippen LogP contribution in [0.3, 0.4) is 0 Å². The van der Waals surface area contributed by atoms with Crippen molar-refractivity contribution in [2.75, 3.05) is 43.4 Å². The lowest BCUT2D eigenvalue weighted by Gasteiger charge is -2.38. The van der Waals surface area contributed by atoms with Gasteiger partial charge in [0.25, 0.3) is 11.5 Å². The van der Waals surface area contributed by atoms with E-state index >= 15 is 0 Å². The van der Waals surface area contributed by atoms with Crippen LogP contribution in [0.4, 0.5) is 11.6 Å². The lowest BCUT2D eigenvalue weighted by Crippen LogP contribution is -2.46. The van der Waals surface area contributed by atoms with Gasteiger partial charge in [-0.3, -0.25) is 19.1 Å². The van der Waals surface area contributed by atoms with E-state index in [0.717, 1.165) is 17.7 Å². The van der Waals surface area contributed by atoms with Gasteiger partial charge in [-0.1, -0.05) is 41.6 Å². The zero-order chi connectivity index (χ0) is 31.9. The number of pyridine rings is 1. The van der Waals surface area contributed by atoms with E-state index < -0.39 is 0 Å². The van der Waals surface area contributed by atoms with Gasteiger partial charge in [-0.15, -0.1) is 0 Å². The number of rotatable bonds is 7. The molecule has 0 spiro atoms. The fourth-order valence-electron chi connectivity index (χ4n) is 6.25. The number of nitrogens with zero attached hydrogens (tertiary/aromatic N) is 8.